The lowest BCUT2D eigenvalue weighted by atomic mass is 10.2. The molecule has 0 saturated carbocycles. The first-order valence-electron chi connectivity index (χ1n) is 5.27. The Labute approximate surface area is 116 Å². The monoisotopic (exact) mass is 286 g/mol. The van der Waals surface area contributed by atoms with E-state index >= 15 is 0 Å². The molecule has 19 heavy (non-hydrogen) atoms. The molecule has 1 aromatic carbocycles. The minimum atomic E-state index is -0.931. The van der Waals surface area contributed by atoms with E-state index in [1.54, 1.807) is 24.7 Å². The molecule has 0 bridgehead atoms. The molecular formula is C12H15ClN2O4. The molecule has 0 amide bonds. The standard InChI is InChI=1S/C12H12N2O3.ClH.H2O/c15-12(16)10-1-3-11(4-2-10)17-8-7-14-6-5-13-9-14;;/h1-6,9H,7-8H2,(H,15,16);1H;1H2. The lowest BCUT2D eigenvalue weighted by molar-refractivity contribution is -0.736. The van der Waals surface area contributed by atoms with Crippen molar-refractivity contribution in [2.75, 3.05) is 13.2 Å². The van der Waals surface area contributed by atoms with Gasteiger partial charge in [-0.15, -0.1) is 0 Å². The summed E-state index contributed by atoms with van der Waals surface area (Å²) < 4.78 is 5.49. The number of nitrogens with zero attached hydrogens (tertiary/aromatic N) is 1. The Morgan fingerprint density at radius 2 is 2.00 bits per heavy atom. The maximum Gasteiger partial charge on any atom is 0.335 e. The van der Waals surface area contributed by atoms with Gasteiger partial charge in [0, 0.05) is 0 Å². The molecule has 1 aliphatic heterocycles. The van der Waals surface area contributed by atoms with Crippen LogP contribution in [0, 0.1) is 0 Å². The topological polar surface area (TPSA) is 94.8 Å². The Morgan fingerprint density at radius 3 is 2.53 bits per heavy atom. The van der Waals surface area contributed by atoms with Gasteiger partial charge < -0.3 is 27.7 Å². The van der Waals surface area contributed by atoms with Gasteiger partial charge in [-0.2, -0.15) is 0 Å². The van der Waals surface area contributed by atoms with E-state index in [0.29, 0.717) is 12.4 Å². The second-order valence-corrected chi connectivity index (χ2v) is 3.60. The largest absolute Gasteiger partial charge is 1.00 e. The van der Waals surface area contributed by atoms with Gasteiger partial charge in [-0.05, 0) is 24.3 Å². The van der Waals surface area contributed by atoms with E-state index in [0.717, 1.165) is 11.4 Å². The summed E-state index contributed by atoms with van der Waals surface area (Å²) in [6, 6.07) is 6.38. The number of quaternary nitrogens is 1. The number of carbonyl (C=O) groups is 1. The smallest absolute Gasteiger partial charge is 0.335 e. The van der Waals surface area contributed by atoms with Crippen LogP contribution in [-0.2, 0) is 0 Å². The van der Waals surface area contributed by atoms with Crippen molar-refractivity contribution in [2.24, 2.45) is 4.99 Å². The molecule has 1 heterocycles. The molecule has 0 spiro atoms. The van der Waals surface area contributed by atoms with Crippen LogP contribution in [0.4, 0.5) is 0 Å². The summed E-state index contributed by atoms with van der Waals surface area (Å²) in [5.41, 5.74) is 0.262. The third kappa shape index (κ3) is 5.09. The highest BCUT2D eigenvalue weighted by Gasteiger charge is 2.06. The lowest BCUT2D eigenvalue weighted by Crippen LogP contribution is -3.06. The van der Waals surface area contributed by atoms with Crippen LogP contribution >= 0.6 is 0 Å². The van der Waals surface area contributed by atoms with Gasteiger partial charge >= 0.3 is 5.97 Å². The maximum absolute atomic E-state index is 10.6. The molecule has 7 heteroatoms. The van der Waals surface area contributed by atoms with Crippen LogP contribution < -0.4 is 22.0 Å². The van der Waals surface area contributed by atoms with Crippen LogP contribution in [-0.4, -0.2) is 36.0 Å². The van der Waals surface area contributed by atoms with Crippen LogP contribution in [0.5, 0.6) is 5.75 Å². The van der Waals surface area contributed by atoms with Crippen LogP contribution in [0.2, 0.25) is 0 Å². The lowest BCUT2D eigenvalue weighted by Gasteiger charge is -2.08. The zero-order valence-electron chi connectivity index (χ0n) is 10.0. The number of hydrogen-bond donors (Lipinski definition) is 2. The molecule has 1 atom stereocenters. The highest BCUT2D eigenvalue weighted by atomic mass is 35.5. The van der Waals surface area contributed by atoms with Crippen molar-refractivity contribution in [3.05, 3.63) is 42.2 Å². The van der Waals surface area contributed by atoms with Crippen molar-refractivity contribution in [1.82, 2.24) is 0 Å². The summed E-state index contributed by atoms with van der Waals surface area (Å²) in [6.07, 6.45) is 5.49. The van der Waals surface area contributed by atoms with Crippen molar-refractivity contribution in [1.29, 1.82) is 0 Å². The van der Waals surface area contributed by atoms with Gasteiger partial charge in [-0.3, -0.25) is 4.90 Å². The molecule has 0 saturated heterocycles. The Bertz CT molecular complexity index is 447. The zero-order valence-corrected chi connectivity index (χ0v) is 10.8. The number of rotatable bonds is 5. The van der Waals surface area contributed by atoms with E-state index in [1.807, 2.05) is 6.20 Å². The van der Waals surface area contributed by atoms with Crippen LogP contribution in [0.3, 0.4) is 0 Å². The first-order valence-corrected chi connectivity index (χ1v) is 5.27. The van der Waals surface area contributed by atoms with Crippen molar-refractivity contribution in [3.8, 4) is 5.75 Å². The number of halogens is 1. The van der Waals surface area contributed by atoms with Crippen LogP contribution in [0.25, 0.3) is 0 Å². The van der Waals surface area contributed by atoms with Gasteiger partial charge in [0.15, 0.2) is 6.34 Å². The highest BCUT2D eigenvalue weighted by Crippen LogP contribution is 2.11. The predicted molar refractivity (Wildman–Crippen MR) is 66.0 cm³/mol. The van der Waals surface area contributed by atoms with Gasteiger partial charge in [-0.25, -0.2) is 9.79 Å². The molecule has 0 aliphatic carbocycles. The second-order valence-electron chi connectivity index (χ2n) is 3.60. The Hall–Kier alpha value is -1.89. The van der Waals surface area contributed by atoms with Crippen molar-refractivity contribution < 1.29 is 37.4 Å². The number of nitrogens with one attached hydrogen (secondary N) is 1. The number of ether oxygens (including phenoxy) is 1. The molecule has 2 rings (SSSR count). The van der Waals surface area contributed by atoms with Gasteiger partial charge in [0.1, 0.15) is 25.1 Å². The minimum absolute atomic E-state index is 0. The van der Waals surface area contributed by atoms with Gasteiger partial charge in [0.2, 0.25) is 0 Å². The molecule has 4 N–H and O–H groups in total. The summed E-state index contributed by atoms with van der Waals surface area (Å²) >= 11 is 0. The van der Waals surface area contributed by atoms with Crippen molar-refractivity contribution in [2.45, 2.75) is 0 Å². The van der Waals surface area contributed by atoms with Crippen LogP contribution in [0.1, 0.15) is 10.4 Å². The Kier molecular flexibility index (Phi) is 7.43. The molecule has 6 nitrogen and oxygen atoms in total. The molecule has 0 radical (unpaired) electrons. The number of aromatic carboxylic acids is 1. The van der Waals surface area contributed by atoms with E-state index in [4.69, 9.17) is 9.84 Å². The molecule has 1 aliphatic rings. The zero-order chi connectivity index (χ0) is 12.1. The van der Waals surface area contributed by atoms with Gasteiger partial charge in [0.25, 0.3) is 0 Å². The third-order valence-electron chi connectivity index (χ3n) is 2.38. The molecule has 0 fully saturated rings. The highest BCUT2D eigenvalue weighted by molar-refractivity contribution is 5.87. The summed E-state index contributed by atoms with van der Waals surface area (Å²) in [5, 5.41) is 8.73. The summed E-state index contributed by atoms with van der Waals surface area (Å²) in [5.74, 6) is -0.256. The summed E-state index contributed by atoms with van der Waals surface area (Å²) in [4.78, 5) is 15.7. The average molecular weight is 287 g/mol. The van der Waals surface area contributed by atoms with E-state index in [2.05, 4.69) is 4.99 Å². The molecule has 1 unspecified atom stereocenters. The normalized spacial score (nSPS) is 15.5. The Balaban J connectivity index is 0.00000162. The quantitative estimate of drug-likeness (QED) is 0.584. The minimum Gasteiger partial charge on any atom is -1.00 e. The number of benzene rings is 1. The van der Waals surface area contributed by atoms with E-state index < -0.39 is 5.97 Å². The van der Waals surface area contributed by atoms with Crippen molar-refractivity contribution in [3.63, 3.8) is 0 Å². The SMILES string of the molecule is O.O=C(O)c1ccc(OCC[NH+]2C=CN=C2)cc1.[Cl-]. The number of carboxylic acid groups (broad SMARTS) is 1. The fourth-order valence-electron chi connectivity index (χ4n) is 1.45. The molecular weight excluding hydrogens is 272 g/mol. The number of carboxylic acids is 1. The first kappa shape index (κ1) is 17.1. The first-order chi connectivity index (χ1) is 8.25. The predicted octanol–water partition coefficient (Wildman–Crippen LogP) is -3.66. The van der Waals surface area contributed by atoms with Gasteiger partial charge in [-0.1, -0.05) is 0 Å². The average Bonchev–Trinajstić information content (AvgIpc) is 2.83. The Morgan fingerprint density at radius 1 is 1.32 bits per heavy atom. The molecule has 1 aromatic rings. The van der Waals surface area contributed by atoms with E-state index in [-0.39, 0.29) is 23.4 Å². The van der Waals surface area contributed by atoms with E-state index in [1.165, 1.54) is 12.1 Å². The van der Waals surface area contributed by atoms with Crippen molar-refractivity contribution >= 4 is 12.3 Å². The summed E-state index contributed by atoms with van der Waals surface area (Å²) in [6.45, 7) is 1.35. The van der Waals surface area contributed by atoms with Crippen LogP contribution in [0.15, 0.2) is 41.7 Å². The summed E-state index contributed by atoms with van der Waals surface area (Å²) in [7, 11) is 0. The number of hydrogen-bond acceptors (Lipinski definition) is 3. The third-order valence-corrected chi connectivity index (χ3v) is 2.38. The van der Waals surface area contributed by atoms with E-state index in [9.17, 15) is 4.79 Å². The maximum atomic E-state index is 10.6. The molecule has 0 aromatic heterocycles. The number of aliphatic imine (C=N–C) groups is 1. The fourth-order valence-corrected chi connectivity index (χ4v) is 1.45. The fraction of sp³-hybridized carbons (Fsp3) is 0.167. The molecule has 104 valence electrons. The van der Waals surface area contributed by atoms with Gasteiger partial charge in [0.05, 0.1) is 11.8 Å². The second kappa shape index (κ2) is 8.25.